The molecule has 1 fully saturated rings. The zero-order valence-electron chi connectivity index (χ0n) is 12.0. The molecule has 0 saturated carbocycles. The molecular weight excluding hydrogens is 244 g/mol. The van der Waals surface area contributed by atoms with Gasteiger partial charge in [-0.15, -0.1) is 0 Å². The molecule has 1 aliphatic rings. The molecular formula is C14H26N2O3. The van der Waals surface area contributed by atoms with Crippen LogP contribution in [0.3, 0.4) is 0 Å². The largest absolute Gasteiger partial charge is 0.480 e. The van der Waals surface area contributed by atoms with Gasteiger partial charge in [-0.1, -0.05) is 13.3 Å². The van der Waals surface area contributed by atoms with Crippen molar-refractivity contribution in [1.82, 2.24) is 4.90 Å². The molecule has 1 amide bonds. The van der Waals surface area contributed by atoms with Crippen LogP contribution in [0.15, 0.2) is 0 Å². The normalized spacial score (nSPS) is 22.9. The lowest BCUT2D eigenvalue weighted by atomic mass is 9.96. The van der Waals surface area contributed by atoms with Crippen LogP contribution >= 0.6 is 0 Å². The van der Waals surface area contributed by atoms with Gasteiger partial charge < -0.3 is 15.7 Å². The van der Waals surface area contributed by atoms with E-state index in [1.165, 1.54) is 0 Å². The maximum Gasteiger partial charge on any atom is 0.326 e. The topological polar surface area (TPSA) is 83.6 Å². The molecule has 5 heteroatoms. The highest BCUT2D eigenvalue weighted by atomic mass is 16.4. The van der Waals surface area contributed by atoms with E-state index in [4.69, 9.17) is 5.73 Å². The number of rotatable bonds is 6. The van der Waals surface area contributed by atoms with E-state index in [1.807, 2.05) is 13.8 Å². The maximum absolute atomic E-state index is 12.3. The van der Waals surface area contributed by atoms with Gasteiger partial charge in [0, 0.05) is 18.5 Å². The summed E-state index contributed by atoms with van der Waals surface area (Å²) >= 11 is 0. The second-order valence-corrected chi connectivity index (χ2v) is 5.69. The number of amides is 1. The second-order valence-electron chi connectivity index (χ2n) is 5.69. The van der Waals surface area contributed by atoms with Gasteiger partial charge >= 0.3 is 5.97 Å². The highest BCUT2D eigenvalue weighted by Gasteiger charge is 2.33. The number of likely N-dealkylation sites (tertiary alicyclic amines) is 1. The Labute approximate surface area is 115 Å². The summed E-state index contributed by atoms with van der Waals surface area (Å²) in [6, 6.07) is -0.471. The maximum atomic E-state index is 12.3. The molecule has 19 heavy (non-hydrogen) atoms. The van der Waals surface area contributed by atoms with Gasteiger partial charge in [0.1, 0.15) is 6.04 Å². The monoisotopic (exact) mass is 270 g/mol. The van der Waals surface area contributed by atoms with Crippen molar-refractivity contribution >= 4 is 11.9 Å². The number of aliphatic carboxylic acids is 1. The molecule has 0 spiro atoms. The summed E-state index contributed by atoms with van der Waals surface area (Å²) in [6.45, 7) is 4.42. The Bertz CT molecular complexity index is 318. The van der Waals surface area contributed by atoms with Crippen molar-refractivity contribution in [2.75, 3.05) is 6.54 Å². The summed E-state index contributed by atoms with van der Waals surface area (Å²) in [5, 5.41) is 9.18. The van der Waals surface area contributed by atoms with Gasteiger partial charge in [0.15, 0.2) is 0 Å². The average Bonchev–Trinajstić information content (AvgIpc) is 2.37. The quantitative estimate of drug-likeness (QED) is 0.768. The van der Waals surface area contributed by atoms with Crippen molar-refractivity contribution < 1.29 is 14.7 Å². The predicted molar refractivity (Wildman–Crippen MR) is 73.7 cm³/mol. The Kier molecular flexibility index (Phi) is 6.28. The fourth-order valence-electron chi connectivity index (χ4n) is 2.60. The zero-order chi connectivity index (χ0) is 14.4. The Morgan fingerprint density at radius 3 is 2.58 bits per heavy atom. The molecule has 3 atom stereocenters. The van der Waals surface area contributed by atoms with Crippen molar-refractivity contribution in [1.29, 1.82) is 0 Å². The Balaban J connectivity index is 2.51. The number of nitrogens with zero attached hydrogens (tertiary/aromatic N) is 1. The van der Waals surface area contributed by atoms with E-state index < -0.39 is 12.0 Å². The average molecular weight is 270 g/mol. The van der Waals surface area contributed by atoms with E-state index >= 15 is 0 Å². The van der Waals surface area contributed by atoms with Crippen LogP contribution in [-0.2, 0) is 9.59 Å². The molecule has 1 saturated heterocycles. The zero-order valence-corrected chi connectivity index (χ0v) is 12.0. The minimum atomic E-state index is -0.879. The molecule has 0 bridgehead atoms. The summed E-state index contributed by atoms with van der Waals surface area (Å²) in [6.07, 6.45) is 4.97. The third-order valence-corrected chi connectivity index (χ3v) is 3.79. The molecule has 0 aromatic carbocycles. The summed E-state index contributed by atoms with van der Waals surface area (Å²) in [4.78, 5) is 25.1. The van der Waals surface area contributed by atoms with Crippen molar-refractivity contribution in [3.05, 3.63) is 0 Å². The van der Waals surface area contributed by atoms with Crippen molar-refractivity contribution in [3.63, 3.8) is 0 Å². The molecule has 110 valence electrons. The molecule has 5 nitrogen and oxygen atoms in total. The number of carboxylic acid groups (broad SMARTS) is 1. The van der Waals surface area contributed by atoms with E-state index in [-0.39, 0.29) is 17.9 Å². The van der Waals surface area contributed by atoms with Gasteiger partial charge in [-0.2, -0.15) is 0 Å². The predicted octanol–water partition coefficient (Wildman–Crippen LogP) is 1.61. The number of hydrogen-bond donors (Lipinski definition) is 2. The van der Waals surface area contributed by atoms with E-state index in [0.29, 0.717) is 13.0 Å². The van der Waals surface area contributed by atoms with Crippen LogP contribution < -0.4 is 5.73 Å². The van der Waals surface area contributed by atoms with Crippen molar-refractivity contribution in [2.45, 2.75) is 64.5 Å². The van der Waals surface area contributed by atoms with Gasteiger partial charge in [-0.05, 0) is 39.0 Å². The molecule has 1 heterocycles. The Morgan fingerprint density at radius 2 is 2.00 bits per heavy atom. The van der Waals surface area contributed by atoms with Crippen LogP contribution in [0.1, 0.15) is 52.4 Å². The van der Waals surface area contributed by atoms with Crippen LogP contribution in [0.4, 0.5) is 0 Å². The van der Waals surface area contributed by atoms with Gasteiger partial charge in [0.2, 0.25) is 5.91 Å². The second kappa shape index (κ2) is 7.48. The highest BCUT2D eigenvalue weighted by molar-refractivity contribution is 5.85. The third-order valence-electron chi connectivity index (χ3n) is 3.79. The van der Waals surface area contributed by atoms with Crippen LogP contribution in [0, 0.1) is 5.92 Å². The number of carboxylic acids is 1. The Hall–Kier alpha value is -1.10. The van der Waals surface area contributed by atoms with E-state index in [9.17, 15) is 14.7 Å². The van der Waals surface area contributed by atoms with Crippen LogP contribution in [0.25, 0.3) is 0 Å². The molecule has 0 aromatic heterocycles. The molecule has 0 aromatic rings. The van der Waals surface area contributed by atoms with Crippen LogP contribution in [-0.4, -0.2) is 40.5 Å². The van der Waals surface area contributed by atoms with E-state index in [1.54, 1.807) is 4.90 Å². The molecule has 0 radical (unpaired) electrons. The molecule has 0 aliphatic carbocycles. The van der Waals surface area contributed by atoms with Gasteiger partial charge in [-0.3, -0.25) is 4.79 Å². The van der Waals surface area contributed by atoms with Crippen molar-refractivity contribution in [3.8, 4) is 0 Å². The van der Waals surface area contributed by atoms with Gasteiger partial charge in [-0.25, -0.2) is 4.79 Å². The molecule has 1 rings (SSSR count). The standard InChI is InChI=1S/C14H26N2O3/c1-10(6-5-7-11(2)15)13(17)16-9-4-3-8-12(16)14(18)19/h10-12H,3-9,15H2,1-2H3,(H,18,19). The SMILES string of the molecule is CC(N)CCCC(C)C(=O)N1CCCCC1C(=O)O. The lowest BCUT2D eigenvalue weighted by Crippen LogP contribution is -2.49. The minimum absolute atomic E-state index is 0.0169. The minimum Gasteiger partial charge on any atom is -0.480 e. The summed E-state index contributed by atoms with van der Waals surface area (Å²) in [5.74, 6) is -1.01. The third kappa shape index (κ3) is 4.82. The highest BCUT2D eigenvalue weighted by Crippen LogP contribution is 2.21. The fraction of sp³-hybridized carbons (Fsp3) is 0.857. The summed E-state index contributed by atoms with van der Waals surface area (Å²) < 4.78 is 0. The van der Waals surface area contributed by atoms with Gasteiger partial charge in [0.05, 0.1) is 0 Å². The smallest absolute Gasteiger partial charge is 0.326 e. The number of carbonyl (C=O) groups is 2. The number of carbonyl (C=O) groups excluding carboxylic acids is 1. The first kappa shape index (κ1) is 16.0. The lowest BCUT2D eigenvalue weighted by molar-refractivity contribution is -0.153. The number of nitrogens with two attached hydrogens (primary N) is 1. The molecule has 1 aliphatic heterocycles. The van der Waals surface area contributed by atoms with Crippen LogP contribution in [0.2, 0.25) is 0 Å². The number of piperidine rings is 1. The van der Waals surface area contributed by atoms with Crippen LogP contribution in [0.5, 0.6) is 0 Å². The van der Waals surface area contributed by atoms with Crippen molar-refractivity contribution in [2.24, 2.45) is 11.7 Å². The Morgan fingerprint density at radius 1 is 1.32 bits per heavy atom. The number of hydrogen-bond acceptors (Lipinski definition) is 3. The lowest BCUT2D eigenvalue weighted by Gasteiger charge is -2.34. The first-order valence-electron chi connectivity index (χ1n) is 7.22. The first-order chi connectivity index (χ1) is 8.93. The van der Waals surface area contributed by atoms with E-state index in [0.717, 1.165) is 32.1 Å². The molecule has 3 unspecified atom stereocenters. The summed E-state index contributed by atoms with van der Waals surface area (Å²) in [7, 11) is 0. The molecule has 3 N–H and O–H groups in total. The fourth-order valence-corrected chi connectivity index (χ4v) is 2.60. The van der Waals surface area contributed by atoms with E-state index in [2.05, 4.69) is 0 Å². The first-order valence-corrected chi connectivity index (χ1v) is 7.22. The van der Waals surface area contributed by atoms with Gasteiger partial charge in [0.25, 0.3) is 0 Å². The summed E-state index contributed by atoms with van der Waals surface area (Å²) in [5.41, 5.74) is 5.69.